The van der Waals surface area contributed by atoms with Gasteiger partial charge in [-0.15, -0.1) is 0 Å². The van der Waals surface area contributed by atoms with E-state index in [9.17, 15) is 5.11 Å². The summed E-state index contributed by atoms with van der Waals surface area (Å²) < 4.78 is 11.6. The molecular formula is C10H11BrO3. The standard InChI is InChI=1S/C10H11BrO3/c1-2-6-7(12)5-8-10(9(6)11)14-4-3-13-8/h5,12H,2-4H2,1H3. The van der Waals surface area contributed by atoms with Crippen LogP contribution in [0.15, 0.2) is 10.5 Å². The molecule has 0 radical (unpaired) electrons. The van der Waals surface area contributed by atoms with Gasteiger partial charge in [0.05, 0.1) is 4.47 Å². The minimum absolute atomic E-state index is 0.253. The van der Waals surface area contributed by atoms with Crippen molar-refractivity contribution in [2.45, 2.75) is 13.3 Å². The maximum absolute atomic E-state index is 9.68. The van der Waals surface area contributed by atoms with E-state index in [0.29, 0.717) is 24.7 Å². The molecule has 0 aromatic heterocycles. The maximum atomic E-state index is 9.68. The third-order valence-electron chi connectivity index (χ3n) is 2.21. The van der Waals surface area contributed by atoms with Crippen molar-refractivity contribution >= 4 is 15.9 Å². The van der Waals surface area contributed by atoms with Crippen molar-refractivity contribution in [3.63, 3.8) is 0 Å². The van der Waals surface area contributed by atoms with Crippen LogP contribution in [0.3, 0.4) is 0 Å². The van der Waals surface area contributed by atoms with Gasteiger partial charge in [-0.25, -0.2) is 0 Å². The lowest BCUT2D eigenvalue weighted by molar-refractivity contribution is 0.169. The molecule has 1 N–H and O–H groups in total. The Hall–Kier alpha value is -0.900. The van der Waals surface area contributed by atoms with Crippen molar-refractivity contribution in [2.24, 2.45) is 0 Å². The van der Waals surface area contributed by atoms with Crippen molar-refractivity contribution in [2.75, 3.05) is 13.2 Å². The Morgan fingerprint density at radius 3 is 2.86 bits per heavy atom. The first-order chi connectivity index (χ1) is 6.74. The minimum atomic E-state index is 0.253. The van der Waals surface area contributed by atoms with Crippen LogP contribution in [0, 0.1) is 0 Å². The zero-order valence-corrected chi connectivity index (χ0v) is 9.43. The van der Waals surface area contributed by atoms with E-state index < -0.39 is 0 Å². The Balaban J connectivity index is 2.57. The van der Waals surface area contributed by atoms with Crippen molar-refractivity contribution in [1.29, 1.82) is 0 Å². The Morgan fingerprint density at radius 1 is 1.43 bits per heavy atom. The topological polar surface area (TPSA) is 38.7 Å². The molecule has 1 heterocycles. The largest absolute Gasteiger partial charge is 0.507 e. The Kier molecular flexibility index (Phi) is 2.54. The molecule has 0 amide bonds. The summed E-state index contributed by atoms with van der Waals surface area (Å²) >= 11 is 3.41. The van der Waals surface area contributed by atoms with E-state index in [2.05, 4.69) is 15.9 Å². The summed E-state index contributed by atoms with van der Waals surface area (Å²) in [7, 11) is 0. The summed E-state index contributed by atoms with van der Waals surface area (Å²) in [5.74, 6) is 1.56. The van der Waals surface area contributed by atoms with Gasteiger partial charge in [0.15, 0.2) is 11.5 Å². The van der Waals surface area contributed by atoms with Gasteiger partial charge in [-0.1, -0.05) is 6.92 Å². The van der Waals surface area contributed by atoms with E-state index in [4.69, 9.17) is 9.47 Å². The summed E-state index contributed by atoms with van der Waals surface area (Å²) in [4.78, 5) is 0. The van der Waals surface area contributed by atoms with Crippen LogP contribution in [0.4, 0.5) is 0 Å². The van der Waals surface area contributed by atoms with E-state index in [0.717, 1.165) is 16.5 Å². The van der Waals surface area contributed by atoms with Gasteiger partial charge in [0.25, 0.3) is 0 Å². The normalized spacial score (nSPS) is 14.1. The van der Waals surface area contributed by atoms with Gasteiger partial charge in [-0.2, -0.15) is 0 Å². The fourth-order valence-electron chi connectivity index (χ4n) is 1.51. The molecule has 1 aromatic carbocycles. The molecule has 0 saturated carbocycles. The fraction of sp³-hybridized carbons (Fsp3) is 0.400. The molecule has 1 aliphatic rings. The molecule has 0 bridgehead atoms. The predicted octanol–water partition coefficient (Wildman–Crippen LogP) is 2.49. The molecule has 3 nitrogen and oxygen atoms in total. The molecule has 76 valence electrons. The molecule has 0 fully saturated rings. The summed E-state index contributed by atoms with van der Waals surface area (Å²) in [6.07, 6.45) is 0.753. The molecule has 0 unspecified atom stereocenters. The van der Waals surface area contributed by atoms with Crippen molar-refractivity contribution in [3.8, 4) is 17.2 Å². The van der Waals surface area contributed by atoms with E-state index in [-0.39, 0.29) is 5.75 Å². The SMILES string of the molecule is CCc1c(O)cc2c(c1Br)OCCO2. The van der Waals surface area contributed by atoms with Crippen LogP contribution in [-0.4, -0.2) is 18.3 Å². The molecule has 0 aliphatic carbocycles. The smallest absolute Gasteiger partial charge is 0.176 e. The second-order valence-corrected chi connectivity index (χ2v) is 3.86. The molecule has 2 rings (SSSR count). The van der Waals surface area contributed by atoms with Crippen LogP contribution in [0.1, 0.15) is 12.5 Å². The zero-order valence-electron chi connectivity index (χ0n) is 7.84. The number of rotatable bonds is 1. The lowest BCUT2D eigenvalue weighted by Gasteiger charge is -2.21. The van der Waals surface area contributed by atoms with Gasteiger partial charge in [0.1, 0.15) is 19.0 Å². The number of fused-ring (bicyclic) bond motifs is 1. The first kappa shape index (κ1) is 9.65. The number of phenolic OH excluding ortho intramolecular Hbond substituents is 1. The quantitative estimate of drug-likeness (QED) is 0.842. The van der Waals surface area contributed by atoms with Crippen molar-refractivity contribution < 1.29 is 14.6 Å². The predicted molar refractivity (Wildman–Crippen MR) is 56.2 cm³/mol. The second-order valence-electron chi connectivity index (χ2n) is 3.07. The van der Waals surface area contributed by atoms with Gasteiger partial charge >= 0.3 is 0 Å². The van der Waals surface area contributed by atoms with Crippen LogP contribution in [0.2, 0.25) is 0 Å². The number of phenols is 1. The first-order valence-corrected chi connectivity index (χ1v) is 5.33. The highest BCUT2D eigenvalue weighted by molar-refractivity contribution is 9.10. The van der Waals surface area contributed by atoms with Crippen LogP contribution < -0.4 is 9.47 Å². The van der Waals surface area contributed by atoms with Gasteiger partial charge < -0.3 is 14.6 Å². The number of benzene rings is 1. The third-order valence-corrected chi connectivity index (χ3v) is 3.04. The van der Waals surface area contributed by atoms with E-state index >= 15 is 0 Å². The fourth-order valence-corrected chi connectivity index (χ4v) is 2.30. The molecule has 0 spiro atoms. The average Bonchev–Trinajstić information content (AvgIpc) is 2.18. The highest BCUT2D eigenvalue weighted by atomic mass is 79.9. The minimum Gasteiger partial charge on any atom is -0.507 e. The molecule has 1 aromatic rings. The number of ether oxygens (including phenoxy) is 2. The average molecular weight is 259 g/mol. The van der Waals surface area contributed by atoms with Crippen molar-refractivity contribution in [3.05, 3.63) is 16.1 Å². The Labute approximate surface area is 90.8 Å². The zero-order chi connectivity index (χ0) is 10.1. The molecule has 4 heteroatoms. The molecule has 0 atom stereocenters. The molecule has 0 saturated heterocycles. The number of hydrogen-bond donors (Lipinski definition) is 1. The van der Waals surface area contributed by atoms with Crippen molar-refractivity contribution in [1.82, 2.24) is 0 Å². The molecule has 14 heavy (non-hydrogen) atoms. The first-order valence-electron chi connectivity index (χ1n) is 4.54. The summed E-state index contributed by atoms with van der Waals surface area (Å²) in [6, 6.07) is 1.61. The maximum Gasteiger partial charge on any atom is 0.176 e. The van der Waals surface area contributed by atoms with Gasteiger partial charge in [0.2, 0.25) is 0 Å². The number of aromatic hydroxyl groups is 1. The third kappa shape index (κ3) is 1.43. The summed E-state index contributed by atoms with van der Waals surface area (Å²) in [6.45, 7) is 3.07. The highest BCUT2D eigenvalue weighted by Crippen LogP contribution is 2.44. The molecule has 1 aliphatic heterocycles. The Morgan fingerprint density at radius 2 is 2.14 bits per heavy atom. The second kappa shape index (κ2) is 3.69. The Bertz CT molecular complexity index is 363. The lowest BCUT2D eigenvalue weighted by Crippen LogP contribution is -2.16. The summed E-state index contributed by atoms with van der Waals surface area (Å²) in [5, 5.41) is 9.68. The van der Waals surface area contributed by atoms with E-state index in [1.165, 1.54) is 0 Å². The van der Waals surface area contributed by atoms with Crippen LogP contribution in [0.25, 0.3) is 0 Å². The van der Waals surface area contributed by atoms with Gasteiger partial charge in [-0.3, -0.25) is 0 Å². The number of hydrogen-bond acceptors (Lipinski definition) is 3. The van der Waals surface area contributed by atoms with E-state index in [1.807, 2.05) is 6.92 Å². The van der Waals surface area contributed by atoms with Crippen LogP contribution in [-0.2, 0) is 6.42 Å². The van der Waals surface area contributed by atoms with E-state index in [1.54, 1.807) is 6.07 Å². The highest BCUT2D eigenvalue weighted by Gasteiger charge is 2.20. The van der Waals surface area contributed by atoms with Gasteiger partial charge in [0, 0.05) is 11.6 Å². The lowest BCUT2D eigenvalue weighted by atomic mass is 10.1. The summed E-state index contributed by atoms with van der Waals surface area (Å²) in [5.41, 5.74) is 0.856. The number of halogens is 1. The van der Waals surface area contributed by atoms with Crippen LogP contribution in [0.5, 0.6) is 17.2 Å². The monoisotopic (exact) mass is 258 g/mol. The van der Waals surface area contributed by atoms with Gasteiger partial charge in [-0.05, 0) is 22.4 Å². The molecular weight excluding hydrogens is 248 g/mol. The van der Waals surface area contributed by atoms with Crippen LogP contribution >= 0.6 is 15.9 Å².